The van der Waals surface area contributed by atoms with Crippen molar-refractivity contribution in [1.82, 2.24) is 5.32 Å². The summed E-state index contributed by atoms with van der Waals surface area (Å²) in [6.07, 6.45) is 4.95. The lowest BCUT2D eigenvalue weighted by Crippen LogP contribution is -2.44. The molecule has 1 aromatic heterocycles. The number of hydrogen-bond donors (Lipinski definition) is 1. The summed E-state index contributed by atoms with van der Waals surface area (Å²) in [7, 11) is 0. The molecular weight excluding hydrogens is 272 g/mol. The van der Waals surface area contributed by atoms with Crippen LogP contribution in [0.1, 0.15) is 33.1 Å². The number of nitrogens with zero attached hydrogens (tertiary/aromatic N) is 1. The van der Waals surface area contributed by atoms with Crippen LogP contribution in [0.15, 0.2) is 29.4 Å². The zero-order valence-electron chi connectivity index (χ0n) is 12.0. The van der Waals surface area contributed by atoms with E-state index in [1.807, 2.05) is 0 Å². The molecule has 1 aliphatic carbocycles. The van der Waals surface area contributed by atoms with Crippen molar-refractivity contribution in [1.29, 1.82) is 0 Å². The van der Waals surface area contributed by atoms with Gasteiger partial charge in [-0.1, -0.05) is 26.7 Å². The lowest BCUT2D eigenvalue weighted by Gasteiger charge is -2.34. The normalized spacial score (nSPS) is 26.2. The Morgan fingerprint density at radius 2 is 2.25 bits per heavy atom. The van der Waals surface area contributed by atoms with Crippen LogP contribution < -0.4 is 10.0 Å². The van der Waals surface area contributed by atoms with Crippen LogP contribution in [0.25, 0.3) is 0 Å². The lowest BCUT2D eigenvalue weighted by atomic mass is 9.78. The number of thioether (sulfide) groups is 1. The average molecular weight is 294 g/mol. The van der Waals surface area contributed by atoms with Crippen molar-refractivity contribution in [3.63, 3.8) is 0 Å². The maximum atomic E-state index is 12.0. The van der Waals surface area contributed by atoms with Gasteiger partial charge >= 0.3 is 0 Å². The fourth-order valence-electron chi connectivity index (χ4n) is 2.70. The maximum Gasteiger partial charge on any atom is 0.251 e. The van der Waals surface area contributed by atoms with E-state index in [-0.39, 0.29) is 11.9 Å². The predicted octanol–water partition coefficient (Wildman–Crippen LogP) is 2.35. The van der Waals surface area contributed by atoms with Crippen molar-refractivity contribution in [2.24, 2.45) is 11.8 Å². The third-order valence-electron chi connectivity index (χ3n) is 4.19. The van der Waals surface area contributed by atoms with Gasteiger partial charge in [0.05, 0.1) is 5.75 Å². The molecule has 0 spiro atoms. The predicted molar refractivity (Wildman–Crippen MR) is 80.2 cm³/mol. The van der Waals surface area contributed by atoms with E-state index in [1.165, 1.54) is 30.8 Å². The van der Waals surface area contributed by atoms with Gasteiger partial charge in [-0.25, -0.2) is 0 Å². The Bertz CT molecular complexity index is 467. The van der Waals surface area contributed by atoms with E-state index in [4.69, 9.17) is 0 Å². The fraction of sp³-hybridized carbons (Fsp3) is 0.600. The van der Waals surface area contributed by atoms with Crippen LogP contribution in [0, 0.1) is 17.0 Å². The summed E-state index contributed by atoms with van der Waals surface area (Å²) in [5.74, 6) is 1.51. The number of aromatic nitrogens is 1. The van der Waals surface area contributed by atoms with Crippen LogP contribution in [0.3, 0.4) is 0 Å². The van der Waals surface area contributed by atoms with Gasteiger partial charge in [0.2, 0.25) is 5.91 Å². The average Bonchev–Trinajstić information content (AvgIpc) is 2.43. The van der Waals surface area contributed by atoms with Gasteiger partial charge in [0, 0.05) is 18.2 Å². The number of amides is 1. The Morgan fingerprint density at radius 3 is 3.00 bits per heavy atom. The van der Waals surface area contributed by atoms with Gasteiger partial charge in [-0.2, -0.15) is 4.73 Å². The highest BCUT2D eigenvalue weighted by Crippen LogP contribution is 2.29. The Balaban J connectivity index is 1.82. The molecule has 0 unspecified atom stereocenters. The topological polar surface area (TPSA) is 56.0 Å². The van der Waals surface area contributed by atoms with Crippen molar-refractivity contribution in [3.8, 4) is 0 Å². The van der Waals surface area contributed by atoms with Gasteiger partial charge < -0.3 is 10.5 Å². The lowest BCUT2D eigenvalue weighted by molar-refractivity contribution is -0.645. The molecule has 1 aliphatic rings. The van der Waals surface area contributed by atoms with Crippen LogP contribution in [0.4, 0.5) is 0 Å². The summed E-state index contributed by atoms with van der Waals surface area (Å²) in [5.41, 5.74) is 0. The Kier molecular flexibility index (Phi) is 5.29. The first-order valence-corrected chi connectivity index (χ1v) is 8.17. The van der Waals surface area contributed by atoms with E-state index in [0.717, 1.165) is 11.2 Å². The number of rotatable bonds is 4. The van der Waals surface area contributed by atoms with Crippen molar-refractivity contribution < 1.29 is 9.52 Å². The van der Waals surface area contributed by atoms with Crippen molar-refractivity contribution >= 4 is 17.7 Å². The molecule has 1 fully saturated rings. The van der Waals surface area contributed by atoms with E-state index >= 15 is 0 Å². The second-order valence-corrected chi connectivity index (χ2v) is 6.59. The van der Waals surface area contributed by atoms with Crippen molar-refractivity contribution in [2.45, 2.75) is 44.2 Å². The molecule has 0 aromatic carbocycles. The Hall–Kier alpha value is -1.23. The molecule has 1 aromatic rings. The first kappa shape index (κ1) is 15.2. The number of hydrogen-bond acceptors (Lipinski definition) is 3. The molecule has 1 saturated carbocycles. The minimum absolute atomic E-state index is 0.0183. The summed E-state index contributed by atoms with van der Waals surface area (Å²) >= 11 is 1.28. The van der Waals surface area contributed by atoms with Crippen molar-refractivity contribution in [2.75, 3.05) is 5.75 Å². The summed E-state index contributed by atoms with van der Waals surface area (Å²) in [4.78, 5) is 12.0. The van der Waals surface area contributed by atoms with E-state index in [0.29, 0.717) is 22.6 Å². The highest BCUT2D eigenvalue weighted by atomic mass is 32.2. The van der Waals surface area contributed by atoms with Crippen LogP contribution in [0.5, 0.6) is 0 Å². The van der Waals surface area contributed by atoms with E-state index in [1.54, 1.807) is 18.2 Å². The Labute approximate surface area is 124 Å². The van der Waals surface area contributed by atoms with E-state index in [2.05, 4.69) is 19.2 Å². The number of carbonyl (C=O) groups excluding carboxylic acids is 1. The molecule has 3 atom stereocenters. The highest BCUT2D eigenvalue weighted by molar-refractivity contribution is 7.99. The molecule has 0 radical (unpaired) electrons. The van der Waals surface area contributed by atoms with Crippen LogP contribution in [-0.2, 0) is 4.79 Å². The standard InChI is InChI=1S/C15H22N2O2S/c1-11-6-5-7-13(12(11)2)16-14(18)10-20-15-8-3-4-9-17(15)19/h3-4,8-9,11-13H,5-7,10H2,1-2H3,(H,16,18)/t11-,12-,13+/m1/s1. The molecule has 4 nitrogen and oxygen atoms in total. The molecule has 1 heterocycles. The first-order valence-electron chi connectivity index (χ1n) is 7.18. The molecule has 0 aliphatic heterocycles. The molecule has 5 heteroatoms. The zero-order chi connectivity index (χ0) is 14.5. The van der Waals surface area contributed by atoms with Crippen molar-refractivity contribution in [3.05, 3.63) is 29.6 Å². The molecule has 20 heavy (non-hydrogen) atoms. The van der Waals surface area contributed by atoms with Crippen LogP contribution >= 0.6 is 11.8 Å². The molecule has 0 saturated heterocycles. The number of pyridine rings is 1. The highest BCUT2D eigenvalue weighted by Gasteiger charge is 2.28. The number of carbonyl (C=O) groups is 1. The Morgan fingerprint density at radius 1 is 1.45 bits per heavy atom. The molecular formula is C15H22N2O2S. The van der Waals surface area contributed by atoms with Gasteiger partial charge in [0.25, 0.3) is 5.03 Å². The fourth-order valence-corrected chi connectivity index (χ4v) is 3.42. The summed E-state index contributed by atoms with van der Waals surface area (Å²) < 4.78 is 0.795. The maximum absolute atomic E-state index is 12.0. The first-order chi connectivity index (χ1) is 9.58. The summed E-state index contributed by atoms with van der Waals surface area (Å²) in [6, 6.07) is 5.50. The van der Waals surface area contributed by atoms with Gasteiger partial charge in [0.15, 0.2) is 6.20 Å². The van der Waals surface area contributed by atoms with E-state index in [9.17, 15) is 10.0 Å². The van der Waals surface area contributed by atoms with Crippen LogP contribution in [-0.4, -0.2) is 17.7 Å². The van der Waals surface area contributed by atoms with Gasteiger partial charge in [-0.05, 0) is 36.1 Å². The smallest absolute Gasteiger partial charge is 0.251 e. The zero-order valence-corrected chi connectivity index (χ0v) is 12.9. The SMILES string of the molecule is C[C@@H]1[C@H](C)CCC[C@@H]1NC(=O)CSc1cccc[n+]1[O-]. The minimum Gasteiger partial charge on any atom is -0.618 e. The third kappa shape index (κ3) is 3.88. The molecule has 0 bridgehead atoms. The van der Waals surface area contributed by atoms with E-state index < -0.39 is 0 Å². The second kappa shape index (κ2) is 6.97. The second-order valence-electron chi connectivity index (χ2n) is 5.59. The molecule has 1 N–H and O–H groups in total. The summed E-state index contributed by atoms with van der Waals surface area (Å²) in [5, 5.41) is 15.2. The largest absolute Gasteiger partial charge is 0.618 e. The molecule has 2 rings (SSSR count). The molecule has 110 valence electrons. The molecule has 1 amide bonds. The minimum atomic E-state index is 0.0183. The quantitative estimate of drug-likeness (QED) is 0.527. The third-order valence-corrected chi connectivity index (χ3v) is 5.21. The monoisotopic (exact) mass is 294 g/mol. The van der Waals surface area contributed by atoms with Gasteiger partial charge in [-0.3, -0.25) is 4.79 Å². The van der Waals surface area contributed by atoms with Gasteiger partial charge in [0.1, 0.15) is 0 Å². The van der Waals surface area contributed by atoms with Crippen LogP contribution in [0.2, 0.25) is 0 Å². The van der Waals surface area contributed by atoms with Gasteiger partial charge in [-0.15, -0.1) is 0 Å². The summed E-state index contributed by atoms with van der Waals surface area (Å²) in [6.45, 7) is 4.47. The number of nitrogens with one attached hydrogen (secondary N) is 1.